The van der Waals surface area contributed by atoms with Crippen molar-refractivity contribution in [2.24, 2.45) is 0 Å². The molecular formula is C22H25N5O4. The van der Waals surface area contributed by atoms with Gasteiger partial charge in [0, 0.05) is 18.8 Å². The van der Waals surface area contributed by atoms with Crippen LogP contribution in [0.25, 0.3) is 0 Å². The lowest BCUT2D eigenvalue weighted by atomic mass is 10.1. The highest BCUT2D eigenvalue weighted by atomic mass is 16.6. The molecule has 0 unspecified atom stereocenters. The molecule has 0 aliphatic carbocycles. The predicted octanol–water partition coefficient (Wildman–Crippen LogP) is 4.21. The van der Waals surface area contributed by atoms with Gasteiger partial charge in [-0.3, -0.25) is 10.1 Å². The SMILES string of the molecule is CCN(c1ccccc1)c1ncnc(NCCc2ccc(OC)c(OC)c2)c1[N+](=O)[O-]. The second kappa shape index (κ2) is 10.2. The van der Waals surface area contributed by atoms with E-state index in [1.54, 1.807) is 19.1 Å². The highest BCUT2D eigenvalue weighted by Gasteiger charge is 2.27. The van der Waals surface area contributed by atoms with Gasteiger partial charge in [-0.25, -0.2) is 9.97 Å². The summed E-state index contributed by atoms with van der Waals surface area (Å²) < 4.78 is 10.6. The number of methoxy groups -OCH3 is 2. The molecule has 9 nitrogen and oxygen atoms in total. The molecule has 2 aromatic carbocycles. The quantitative estimate of drug-likeness (QED) is 0.382. The molecule has 0 fully saturated rings. The zero-order valence-electron chi connectivity index (χ0n) is 17.7. The van der Waals surface area contributed by atoms with E-state index >= 15 is 0 Å². The number of hydrogen-bond acceptors (Lipinski definition) is 8. The maximum Gasteiger partial charge on any atom is 0.353 e. The molecule has 1 heterocycles. The highest BCUT2D eigenvalue weighted by Crippen LogP contribution is 2.35. The molecule has 1 aromatic heterocycles. The van der Waals surface area contributed by atoms with Gasteiger partial charge in [-0.15, -0.1) is 0 Å². The van der Waals surface area contributed by atoms with Crippen LogP contribution in [0.5, 0.6) is 11.5 Å². The third-order valence-electron chi connectivity index (χ3n) is 4.78. The van der Waals surface area contributed by atoms with Crippen LogP contribution in [0.15, 0.2) is 54.9 Å². The van der Waals surface area contributed by atoms with E-state index in [-0.39, 0.29) is 17.3 Å². The Bertz CT molecular complexity index is 1030. The van der Waals surface area contributed by atoms with Crippen LogP contribution in [-0.4, -0.2) is 42.2 Å². The molecule has 3 aromatic rings. The minimum atomic E-state index is -0.445. The van der Waals surface area contributed by atoms with Crippen molar-refractivity contribution in [1.29, 1.82) is 0 Å². The summed E-state index contributed by atoms with van der Waals surface area (Å²) >= 11 is 0. The van der Waals surface area contributed by atoms with Gasteiger partial charge >= 0.3 is 5.69 Å². The lowest BCUT2D eigenvalue weighted by molar-refractivity contribution is -0.383. The number of nitrogens with zero attached hydrogens (tertiary/aromatic N) is 4. The third-order valence-corrected chi connectivity index (χ3v) is 4.78. The minimum absolute atomic E-state index is 0.152. The van der Waals surface area contributed by atoms with Crippen molar-refractivity contribution in [3.05, 3.63) is 70.5 Å². The zero-order valence-corrected chi connectivity index (χ0v) is 17.7. The molecule has 0 amide bonds. The first-order chi connectivity index (χ1) is 15.1. The molecule has 1 N–H and O–H groups in total. The smallest absolute Gasteiger partial charge is 0.353 e. The van der Waals surface area contributed by atoms with E-state index in [2.05, 4.69) is 15.3 Å². The molecule has 9 heteroatoms. The number of anilines is 3. The van der Waals surface area contributed by atoms with Crippen LogP contribution in [-0.2, 0) is 6.42 Å². The highest BCUT2D eigenvalue weighted by molar-refractivity contribution is 5.75. The molecule has 0 saturated carbocycles. The van der Waals surface area contributed by atoms with Gasteiger partial charge in [0.25, 0.3) is 0 Å². The van der Waals surface area contributed by atoms with Gasteiger partial charge in [0.2, 0.25) is 11.6 Å². The van der Waals surface area contributed by atoms with Crippen LogP contribution in [0, 0.1) is 10.1 Å². The molecule has 0 aliphatic rings. The Morgan fingerprint density at radius 1 is 1.06 bits per heavy atom. The number of para-hydroxylation sites is 1. The lowest BCUT2D eigenvalue weighted by Gasteiger charge is -2.22. The van der Waals surface area contributed by atoms with Crippen LogP contribution >= 0.6 is 0 Å². The summed E-state index contributed by atoms with van der Waals surface area (Å²) in [5.41, 5.74) is 1.67. The molecular weight excluding hydrogens is 398 g/mol. The summed E-state index contributed by atoms with van der Waals surface area (Å²) in [6.45, 7) is 2.89. The van der Waals surface area contributed by atoms with Crippen LogP contribution in [0.2, 0.25) is 0 Å². The summed E-state index contributed by atoms with van der Waals surface area (Å²) in [5, 5.41) is 15.0. The molecule has 0 radical (unpaired) electrons. The summed E-state index contributed by atoms with van der Waals surface area (Å²) in [5.74, 6) is 1.72. The first kappa shape index (κ1) is 21.8. The largest absolute Gasteiger partial charge is 0.493 e. The molecule has 0 aliphatic heterocycles. The predicted molar refractivity (Wildman–Crippen MR) is 120 cm³/mol. The van der Waals surface area contributed by atoms with Crippen molar-refractivity contribution in [1.82, 2.24) is 9.97 Å². The molecule has 162 valence electrons. The number of rotatable bonds is 10. The van der Waals surface area contributed by atoms with E-state index in [9.17, 15) is 10.1 Å². The summed E-state index contributed by atoms with van der Waals surface area (Å²) in [6, 6.07) is 15.1. The van der Waals surface area contributed by atoms with Crippen molar-refractivity contribution in [2.45, 2.75) is 13.3 Å². The Kier molecular flexibility index (Phi) is 7.21. The van der Waals surface area contributed by atoms with Crippen LogP contribution < -0.4 is 19.7 Å². The van der Waals surface area contributed by atoms with Gasteiger partial charge in [0.05, 0.1) is 19.1 Å². The van der Waals surface area contributed by atoms with Crippen molar-refractivity contribution in [3.8, 4) is 11.5 Å². The van der Waals surface area contributed by atoms with Crippen LogP contribution in [0.1, 0.15) is 12.5 Å². The van der Waals surface area contributed by atoms with E-state index in [1.165, 1.54) is 6.33 Å². The summed E-state index contributed by atoms with van der Waals surface area (Å²) in [4.78, 5) is 21.6. The van der Waals surface area contributed by atoms with Gasteiger partial charge in [-0.2, -0.15) is 0 Å². The Balaban J connectivity index is 1.82. The number of benzene rings is 2. The Labute approximate surface area is 180 Å². The standard InChI is InChI=1S/C22H25N5O4/c1-4-26(17-8-6-5-7-9-17)22-20(27(28)29)21(24-15-25-22)23-13-12-16-10-11-18(30-2)19(14-16)31-3/h5-11,14-15H,4,12-13H2,1-3H3,(H,23,24,25). The van der Waals surface area contributed by atoms with E-state index in [4.69, 9.17) is 9.47 Å². The normalized spacial score (nSPS) is 10.4. The van der Waals surface area contributed by atoms with Gasteiger partial charge < -0.3 is 19.7 Å². The molecule has 0 bridgehead atoms. The molecule has 0 spiro atoms. The zero-order chi connectivity index (χ0) is 22.2. The van der Waals surface area contributed by atoms with Gasteiger partial charge in [0.15, 0.2) is 11.5 Å². The first-order valence-electron chi connectivity index (χ1n) is 9.85. The summed E-state index contributed by atoms with van der Waals surface area (Å²) in [7, 11) is 3.16. The third kappa shape index (κ3) is 5.00. The average molecular weight is 423 g/mol. The Hall–Kier alpha value is -3.88. The van der Waals surface area contributed by atoms with Crippen molar-refractivity contribution < 1.29 is 14.4 Å². The van der Waals surface area contributed by atoms with Gasteiger partial charge in [0.1, 0.15) is 6.33 Å². The van der Waals surface area contributed by atoms with Crippen molar-refractivity contribution in [3.63, 3.8) is 0 Å². The average Bonchev–Trinajstić information content (AvgIpc) is 2.80. The number of ether oxygens (including phenoxy) is 2. The number of nitrogens with one attached hydrogen (secondary N) is 1. The molecule has 0 atom stereocenters. The lowest BCUT2D eigenvalue weighted by Crippen LogP contribution is -2.20. The maximum atomic E-state index is 11.9. The van der Waals surface area contributed by atoms with Crippen LogP contribution in [0.3, 0.4) is 0 Å². The second-order valence-corrected chi connectivity index (χ2v) is 6.60. The topological polar surface area (TPSA) is 103 Å². The number of aromatic nitrogens is 2. The molecule has 31 heavy (non-hydrogen) atoms. The molecule has 3 rings (SSSR count). The molecule has 0 saturated heterocycles. The van der Waals surface area contributed by atoms with Gasteiger partial charge in [-0.05, 0) is 43.2 Å². The monoisotopic (exact) mass is 423 g/mol. The fourth-order valence-electron chi connectivity index (χ4n) is 3.29. The van der Waals surface area contributed by atoms with Crippen molar-refractivity contribution in [2.75, 3.05) is 37.5 Å². The van der Waals surface area contributed by atoms with Crippen LogP contribution in [0.4, 0.5) is 23.0 Å². The van der Waals surface area contributed by atoms with E-state index in [0.29, 0.717) is 31.0 Å². The van der Waals surface area contributed by atoms with E-state index < -0.39 is 4.92 Å². The second-order valence-electron chi connectivity index (χ2n) is 6.60. The summed E-state index contributed by atoms with van der Waals surface area (Å²) in [6.07, 6.45) is 1.96. The van der Waals surface area contributed by atoms with Crippen molar-refractivity contribution >= 4 is 23.0 Å². The van der Waals surface area contributed by atoms with Gasteiger partial charge in [-0.1, -0.05) is 24.3 Å². The van der Waals surface area contributed by atoms with E-state index in [0.717, 1.165) is 11.3 Å². The Morgan fingerprint density at radius 3 is 2.45 bits per heavy atom. The first-order valence-corrected chi connectivity index (χ1v) is 9.85. The number of nitro groups is 1. The maximum absolute atomic E-state index is 11.9. The Morgan fingerprint density at radius 2 is 1.81 bits per heavy atom. The fourth-order valence-corrected chi connectivity index (χ4v) is 3.29. The van der Waals surface area contributed by atoms with E-state index in [1.807, 2.05) is 55.5 Å². The minimum Gasteiger partial charge on any atom is -0.493 e. The fraction of sp³-hybridized carbons (Fsp3) is 0.273. The number of hydrogen-bond donors (Lipinski definition) is 1.